The monoisotopic (exact) mass is 622 g/mol. The summed E-state index contributed by atoms with van der Waals surface area (Å²) >= 11 is 10.2. The molecule has 37 heavy (non-hydrogen) atoms. The maximum atomic E-state index is 2.60. The molecule has 0 radical (unpaired) electrons. The fourth-order valence-corrected chi connectivity index (χ4v) is 32.4. The van der Waals surface area contributed by atoms with Gasteiger partial charge in [-0.05, 0) is 54.4 Å². The summed E-state index contributed by atoms with van der Waals surface area (Å²) in [5, 5.41) is 4.85. The van der Waals surface area contributed by atoms with E-state index in [-0.39, 0.29) is 0 Å². The maximum Gasteiger partial charge on any atom is 0.107 e. The molecule has 0 aliphatic rings. The molecule has 0 aliphatic heterocycles. The first kappa shape index (κ1) is 30.1. The standard InChI is InChI=1S/C30H46S5Si2/c1-17(2)36(18(3)4,19(5)6)27-13-23-29(34-27)25(15-31-23)33-26-16-32-24-14-28(35-30(24)26)37(20(7)8,21(9)10)22(11)12/h13-22H,1-12H3. The van der Waals surface area contributed by atoms with Gasteiger partial charge in [-0.25, -0.2) is 0 Å². The third-order valence-electron chi connectivity index (χ3n) is 9.23. The molecular formula is C30H46S5Si2. The summed E-state index contributed by atoms with van der Waals surface area (Å²) in [6.07, 6.45) is 0. The van der Waals surface area contributed by atoms with Crippen molar-refractivity contribution < 1.29 is 0 Å². The van der Waals surface area contributed by atoms with Gasteiger partial charge >= 0.3 is 0 Å². The van der Waals surface area contributed by atoms with Gasteiger partial charge in [-0.15, -0.1) is 45.3 Å². The lowest BCUT2D eigenvalue weighted by Gasteiger charge is -2.42. The second kappa shape index (κ2) is 11.2. The Morgan fingerprint density at radius 3 is 1.08 bits per heavy atom. The average molecular weight is 623 g/mol. The second-order valence-electron chi connectivity index (χ2n) is 12.7. The highest BCUT2D eigenvalue weighted by molar-refractivity contribution is 8.00. The van der Waals surface area contributed by atoms with E-state index in [1.54, 1.807) is 9.00 Å². The Hall–Kier alpha value is 0.104. The van der Waals surface area contributed by atoms with Crippen LogP contribution in [0.1, 0.15) is 83.1 Å². The summed E-state index contributed by atoms with van der Waals surface area (Å²) in [5.41, 5.74) is 4.53. The van der Waals surface area contributed by atoms with Gasteiger partial charge in [0, 0.05) is 30.0 Å². The third kappa shape index (κ3) is 4.74. The van der Waals surface area contributed by atoms with E-state index in [1.165, 1.54) is 28.6 Å². The van der Waals surface area contributed by atoms with Crippen molar-refractivity contribution in [3.63, 3.8) is 0 Å². The summed E-state index contributed by atoms with van der Waals surface area (Å²) in [5.74, 6) is 0. The Bertz CT molecular complexity index is 1200. The van der Waals surface area contributed by atoms with E-state index < -0.39 is 16.1 Å². The Kier molecular flexibility index (Phi) is 9.08. The first-order valence-electron chi connectivity index (χ1n) is 14.0. The molecule has 204 valence electrons. The van der Waals surface area contributed by atoms with Crippen molar-refractivity contribution in [2.24, 2.45) is 0 Å². The minimum atomic E-state index is -1.62. The molecule has 4 aromatic heterocycles. The van der Waals surface area contributed by atoms with Crippen LogP contribution in [0.15, 0.2) is 32.7 Å². The zero-order valence-corrected chi connectivity index (χ0v) is 30.9. The van der Waals surface area contributed by atoms with E-state index in [0.29, 0.717) is 0 Å². The fraction of sp³-hybridized carbons (Fsp3) is 0.600. The van der Waals surface area contributed by atoms with E-state index in [2.05, 4.69) is 129 Å². The van der Waals surface area contributed by atoms with Crippen molar-refractivity contribution in [3.8, 4) is 0 Å². The number of hydrogen-bond acceptors (Lipinski definition) is 5. The van der Waals surface area contributed by atoms with Gasteiger partial charge in [-0.1, -0.05) is 94.8 Å². The average Bonchev–Trinajstić information content (AvgIpc) is 3.51. The second-order valence-corrected chi connectivity index (χ2v) is 30.2. The zero-order valence-electron chi connectivity index (χ0n) is 24.8. The van der Waals surface area contributed by atoms with Crippen molar-refractivity contribution in [1.82, 2.24) is 0 Å². The van der Waals surface area contributed by atoms with Crippen LogP contribution in [0.4, 0.5) is 0 Å². The van der Waals surface area contributed by atoms with Crippen LogP contribution in [0.2, 0.25) is 33.2 Å². The zero-order chi connectivity index (χ0) is 27.4. The number of thiophene rings is 4. The van der Waals surface area contributed by atoms with Crippen molar-refractivity contribution in [2.45, 2.75) is 126 Å². The van der Waals surface area contributed by atoms with Gasteiger partial charge in [0.2, 0.25) is 0 Å². The first-order valence-corrected chi connectivity index (χ1v) is 22.7. The molecule has 0 aliphatic carbocycles. The smallest absolute Gasteiger partial charge is 0.107 e. The number of hydrogen-bond donors (Lipinski definition) is 0. The SMILES string of the molecule is CC(C)[Si](c1cc2scc(Sc3csc4cc([Si](C(C)C)(C(C)C)C(C)C)sc34)c2s1)(C(C)C)C(C)C. The molecule has 0 fully saturated rings. The molecule has 4 aromatic rings. The molecule has 7 heteroatoms. The van der Waals surface area contributed by atoms with Crippen LogP contribution in [0, 0.1) is 0 Å². The van der Waals surface area contributed by atoms with E-state index in [1.807, 2.05) is 34.4 Å². The number of fused-ring (bicyclic) bond motifs is 2. The Balaban J connectivity index is 1.76. The molecule has 0 unspecified atom stereocenters. The van der Waals surface area contributed by atoms with Gasteiger partial charge < -0.3 is 0 Å². The van der Waals surface area contributed by atoms with E-state index in [9.17, 15) is 0 Å². The largest absolute Gasteiger partial charge is 0.143 e. The Morgan fingerprint density at radius 2 is 0.811 bits per heavy atom. The molecule has 4 rings (SSSR count). The lowest BCUT2D eigenvalue weighted by molar-refractivity contribution is 0.837. The Morgan fingerprint density at radius 1 is 0.514 bits per heavy atom. The minimum Gasteiger partial charge on any atom is -0.143 e. The third-order valence-corrected chi connectivity index (χ3v) is 31.1. The lowest BCUT2D eigenvalue weighted by atomic mass is 10.5. The normalized spacial score (nSPS) is 13.9. The van der Waals surface area contributed by atoms with Gasteiger partial charge in [0.1, 0.15) is 16.1 Å². The molecule has 0 N–H and O–H groups in total. The van der Waals surface area contributed by atoms with E-state index in [4.69, 9.17) is 0 Å². The van der Waals surface area contributed by atoms with Gasteiger partial charge in [0.15, 0.2) is 0 Å². The predicted molar refractivity (Wildman–Crippen MR) is 185 cm³/mol. The fourth-order valence-electron chi connectivity index (χ4n) is 8.00. The molecule has 0 aromatic carbocycles. The molecule has 0 saturated carbocycles. The summed E-state index contributed by atoms with van der Waals surface area (Å²) in [4.78, 5) is 2.95. The molecule has 0 saturated heterocycles. The van der Waals surface area contributed by atoms with Gasteiger partial charge in [-0.2, -0.15) is 0 Å². The highest BCUT2D eigenvalue weighted by Gasteiger charge is 2.47. The van der Waals surface area contributed by atoms with Crippen LogP contribution < -0.4 is 9.00 Å². The van der Waals surface area contributed by atoms with Crippen molar-refractivity contribution in [1.29, 1.82) is 0 Å². The molecule has 0 atom stereocenters. The molecule has 0 nitrogen and oxygen atoms in total. The van der Waals surface area contributed by atoms with Crippen molar-refractivity contribution >= 4 is 101 Å². The van der Waals surface area contributed by atoms with Crippen molar-refractivity contribution in [2.75, 3.05) is 0 Å². The summed E-state index contributed by atoms with van der Waals surface area (Å²) in [7, 11) is -3.24. The number of rotatable bonds is 10. The first-order chi connectivity index (χ1) is 17.3. The lowest BCUT2D eigenvalue weighted by Crippen LogP contribution is -2.54. The summed E-state index contributed by atoms with van der Waals surface area (Å²) in [6, 6.07) is 5.20. The van der Waals surface area contributed by atoms with E-state index in [0.717, 1.165) is 33.2 Å². The van der Waals surface area contributed by atoms with Crippen LogP contribution in [0.5, 0.6) is 0 Å². The molecule has 4 heterocycles. The minimum absolute atomic E-state index is 0.754. The topological polar surface area (TPSA) is 0 Å². The van der Waals surface area contributed by atoms with Gasteiger partial charge in [0.25, 0.3) is 0 Å². The molecular weight excluding hydrogens is 577 g/mol. The highest BCUT2D eigenvalue weighted by atomic mass is 32.2. The van der Waals surface area contributed by atoms with Crippen LogP contribution in [-0.2, 0) is 0 Å². The van der Waals surface area contributed by atoms with Gasteiger partial charge in [-0.3, -0.25) is 0 Å². The van der Waals surface area contributed by atoms with Crippen LogP contribution in [0.3, 0.4) is 0 Å². The van der Waals surface area contributed by atoms with E-state index >= 15 is 0 Å². The molecule has 0 bridgehead atoms. The van der Waals surface area contributed by atoms with Crippen LogP contribution in [0.25, 0.3) is 18.8 Å². The predicted octanol–water partition coefficient (Wildman–Crippen LogP) is 12.2. The highest BCUT2D eigenvalue weighted by Crippen LogP contribution is 2.50. The summed E-state index contributed by atoms with van der Waals surface area (Å²) < 4.78 is 9.54. The van der Waals surface area contributed by atoms with Crippen LogP contribution >= 0.6 is 57.1 Å². The van der Waals surface area contributed by atoms with Crippen molar-refractivity contribution in [3.05, 3.63) is 22.9 Å². The maximum absolute atomic E-state index is 2.60. The quantitative estimate of drug-likeness (QED) is 0.159. The van der Waals surface area contributed by atoms with Crippen LogP contribution in [-0.4, -0.2) is 16.1 Å². The van der Waals surface area contributed by atoms with Gasteiger partial charge in [0.05, 0.1) is 9.40 Å². The summed E-state index contributed by atoms with van der Waals surface area (Å²) in [6.45, 7) is 29.8. The Labute approximate surface area is 248 Å². The molecule has 0 spiro atoms. The molecule has 0 amide bonds.